The second-order valence-corrected chi connectivity index (χ2v) is 6.16. The van der Waals surface area contributed by atoms with Gasteiger partial charge in [-0.2, -0.15) is 0 Å². The lowest BCUT2D eigenvalue weighted by Crippen LogP contribution is -2.42. The predicted octanol–water partition coefficient (Wildman–Crippen LogP) is 2.66. The minimum atomic E-state index is 0.245. The average molecular weight is 224 g/mol. The van der Waals surface area contributed by atoms with Gasteiger partial charge in [0.05, 0.1) is 0 Å². The van der Waals surface area contributed by atoms with Crippen LogP contribution >= 0.6 is 0 Å². The van der Waals surface area contributed by atoms with Crippen LogP contribution in [0, 0.1) is 5.92 Å². The Labute approximate surface area is 101 Å². The Hall–Kier alpha value is -0.340. The molecule has 94 valence electrons. The summed E-state index contributed by atoms with van der Waals surface area (Å²) < 4.78 is 0. The van der Waals surface area contributed by atoms with E-state index >= 15 is 0 Å². The summed E-state index contributed by atoms with van der Waals surface area (Å²) in [7, 11) is 0. The van der Waals surface area contributed by atoms with Crippen LogP contribution in [0.5, 0.6) is 0 Å². The molecule has 1 heterocycles. The highest BCUT2D eigenvalue weighted by Crippen LogP contribution is 2.18. The monoisotopic (exact) mass is 224 g/mol. The minimum Gasteiger partial charge on any atom is -0.311 e. The summed E-state index contributed by atoms with van der Waals surface area (Å²) in [5.41, 5.74) is 1.88. The smallest absolute Gasteiger partial charge is 0.0166 e. The van der Waals surface area contributed by atoms with E-state index in [1.165, 1.54) is 19.5 Å². The molecule has 1 rings (SSSR count). The first-order chi connectivity index (χ1) is 7.38. The third-order valence-electron chi connectivity index (χ3n) is 3.15. The van der Waals surface area contributed by atoms with Crippen LogP contribution in [0.3, 0.4) is 0 Å². The molecule has 1 N–H and O–H groups in total. The number of nitrogens with zero attached hydrogens (tertiary/aromatic N) is 1. The SMILES string of the molecule is CC(C)C1=CCN(CCNC(C)(C)C)CC1. The van der Waals surface area contributed by atoms with Crippen LogP contribution in [0.15, 0.2) is 11.6 Å². The molecule has 0 aromatic rings. The molecule has 0 atom stereocenters. The van der Waals surface area contributed by atoms with E-state index in [4.69, 9.17) is 0 Å². The molecule has 0 radical (unpaired) electrons. The Morgan fingerprint density at radius 2 is 2.06 bits per heavy atom. The molecule has 0 amide bonds. The first-order valence-electron chi connectivity index (χ1n) is 6.55. The average Bonchev–Trinajstić information content (AvgIpc) is 2.16. The van der Waals surface area contributed by atoms with E-state index in [1.807, 2.05) is 0 Å². The van der Waals surface area contributed by atoms with Crippen LogP contribution in [-0.4, -0.2) is 36.6 Å². The fourth-order valence-electron chi connectivity index (χ4n) is 2.04. The highest BCUT2D eigenvalue weighted by Gasteiger charge is 2.14. The van der Waals surface area contributed by atoms with Crippen molar-refractivity contribution in [2.75, 3.05) is 26.2 Å². The summed E-state index contributed by atoms with van der Waals surface area (Å²) in [6.07, 6.45) is 3.68. The van der Waals surface area contributed by atoms with Gasteiger partial charge in [-0.15, -0.1) is 0 Å². The third kappa shape index (κ3) is 5.13. The van der Waals surface area contributed by atoms with E-state index in [0.717, 1.165) is 19.0 Å². The number of hydrogen-bond donors (Lipinski definition) is 1. The van der Waals surface area contributed by atoms with E-state index in [2.05, 4.69) is 50.9 Å². The van der Waals surface area contributed by atoms with Gasteiger partial charge in [-0.3, -0.25) is 4.90 Å². The standard InChI is InChI=1S/C14H28N2/c1-12(2)13-6-9-16(10-7-13)11-8-15-14(3,4)5/h6,12,15H,7-11H2,1-5H3. The van der Waals surface area contributed by atoms with E-state index < -0.39 is 0 Å². The second-order valence-electron chi connectivity index (χ2n) is 6.16. The summed E-state index contributed by atoms with van der Waals surface area (Å²) >= 11 is 0. The summed E-state index contributed by atoms with van der Waals surface area (Å²) in [4.78, 5) is 2.53. The van der Waals surface area contributed by atoms with E-state index in [0.29, 0.717) is 0 Å². The lowest BCUT2D eigenvalue weighted by atomic mass is 9.97. The zero-order chi connectivity index (χ0) is 12.2. The van der Waals surface area contributed by atoms with Gasteiger partial charge in [0, 0.05) is 31.7 Å². The molecular weight excluding hydrogens is 196 g/mol. The Morgan fingerprint density at radius 1 is 1.38 bits per heavy atom. The maximum Gasteiger partial charge on any atom is 0.0166 e. The van der Waals surface area contributed by atoms with Crippen molar-refractivity contribution in [1.82, 2.24) is 10.2 Å². The lowest BCUT2D eigenvalue weighted by Gasteiger charge is -2.29. The number of nitrogens with one attached hydrogen (secondary N) is 1. The van der Waals surface area contributed by atoms with E-state index in [9.17, 15) is 0 Å². The highest BCUT2D eigenvalue weighted by atomic mass is 15.1. The molecule has 0 saturated carbocycles. The Balaban J connectivity index is 2.22. The molecule has 0 fully saturated rings. The molecule has 2 nitrogen and oxygen atoms in total. The van der Waals surface area contributed by atoms with Gasteiger partial charge in [0.25, 0.3) is 0 Å². The quantitative estimate of drug-likeness (QED) is 0.739. The van der Waals surface area contributed by atoms with E-state index in [1.54, 1.807) is 5.57 Å². The largest absolute Gasteiger partial charge is 0.311 e. The van der Waals surface area contributed by atoms with Crippen molar-refractivity contribution in [3.05, 3.63) is 11.6 Å². The van der Waals surface area contributed by atoms with Crippen LogP contribution in [0.1, 0.15) is 41.0 Å². The van der Waals surface area contributed by atoms with Gasteiger partial charge in [0.1, 0.15) is 0 Å². The van der Waals surface area contributed by atoms with Crippen molar-refractivity contribution < 1.29 is 0 Å². The van der Waals surface area contributed by atoms with Crippen molar-refractivity contribution in [2.45, 2.75) is 46.6 Å². The van der Waals surface area contributed by atoms with Crippen LogP contribution in [0.4, 0.5) is 0 Å². The van der Waals surface area contributed by atoms with Crippen molar-refractivity contribution in [3.8, 4) is 0 Å². The zero-order valence-corrected chi connectivity index (χ0v) is 11.6. The third-order valence-corrected chi connectivity index (χ3v) is 3.15. The Morgan fingerprint density at radius 3 is 2.50 bits per heavy atom. The van der Waals surface area contributed by atoms with E-state index in [-0.39, 0.29) is 5.54 Å². The van der Waals surface area contributed by atoms with Crippen LogP contribution < -0.4 is 5.32 Å². The van der Waals surface area contributed by atoms with Gasteiger partial charge in [0.15, 0.2) is 0 Å². The molecular formula is C14H28N2. The molecule has 2 heteroatoms. The molecule has 0 spiro atoms. The molecule has 0 aromatic carbocycles. The maximum absolute atomic E-state index is 3.54. The van der Waals surface area contributed by atoms with Gasteiger partial charge in [-0.05, 0) is 33.1 Å². The van der Waals surface area contributed by atoms with Crippen molar-refractivity contribution in [2.24, 2.45) is 5.92 Å². The summed E-state index contributed by atoms with van der Waals surface area (Å²) in [6.45, 7) is 15.9. The molecule has 1 aliphatic rings. The van der Waals surface area contributed by atoms with Crippen molar-refractivity contribution in [1.29, 1.82) is 0 Å². The van der Waals surface area contributed by atoms with Gasteiger partial charge in [0.2, 0.25) is 0 Å². The molecule has 0 aromatic heterocycles. The topological polar surface area (TPSA) is 15.3 Å². The van der Waals surface area contributed by atoms with Crippen LogP contribution in [-0.2, 0) is 0 Å². The summed E-state index contributed by atoms with van der Waals surface area (Å²) in [5, 5.41) is 3.54. The van der Waals surface area contributed by atoms with Crippen molar-refractivity contribution in [3.63, 3.8) is 0 Å². The molecule has 0 bridgehead atoms. The van der Waals surface area contributed by atoms with Gasteiger partial charge >= 0.3 is 0 Å². The Kier molecular flexibility index (Phi) is 5.00. The zero-order valence-electron chi connectivity index (χ0n) is 11.6. The first-order valence-corrected chi connectivity index (χ1v) is 6.55. The highest BCUT2D eigenvalue weighted by molar-refractivity contribution is 5.09. The first kappa shape index (κ1) is 13.7. The molecule has 1 aliphatic heterocycles. The van der Waals surface area contributed by atoms with Gasteiger partial charge in [-0.1, -0.05) is 25.5 Å². The molecule has 0 unspecified atom stereocenters. The van der Waals surface area contributed by atoms with Gasteiger partial charge < -0.3 is 5.32 Å². The molecule has 16 heavy (non-hydrogen) atoms. The van der Waals surface area contributed by atoms with Crippen LogP contribution in [0.25, 0.3) is 0 Å². The summed E-state index contributed by atoms with van der Waals surface area (Å²) in [6, 6.07) is 0. The minimum absolute atomic E-state index is 0.245. The maximum atomic E-state index is 3.54. The normalized spacial score (nSPS) is 19.0. The molecule has 0 aliphatic carbocycles. The number of hydrogen-bond acceptors (Lipinski definition) is 2. The number of rotatable bonds is 4. The fourth-order valence-corrected chi connectivity index (χ4v) is 2.04. The molecule has 0 saturated heterocycles. The van der Waals surface area contributed by atoms with Crippen molar-refractivity contribution >= 4 is 0 Å². The van der Waals surface area contributed by atoms with Crippen LogP contribution in [0.2, 0.25) is 0 Å². The predicted molar refractivity (Wildman–Crippen MR) is 71.7 cm³/mol. The summed E-state index contributed by atoms with van der Waals surface area (Å²) in [5.74, 6) is 0.731. The lowest BCUT2D eigenvalue weighted by molar-refractivity contribution is 0.274. The Bertz CT molecular complexity index is 236. The second kappa shape index (κ2) is 5.83. The fraction of sp³-hybridized carbons (Fsp3) is 0.857. The van der Waals surface area contributed by atoms with Gasteiger partial charge in [-0.25, -0.2) is 0 Å².